The molecule has 10 nitrogen and oxygen atoms in total. The van der Waals surface area contributed by atoms with Crippen LogP contribution >= 0.6 is 7.60 Å². The maximum atomic E-state index is 13.2. The molecule has 0 spiro atoms. The zero-order chi connectivity index (χ0) is 29.9. The van der Waals surface area contributed by atoms with E-state index in [0.717, 1.165) is 44.4 Å². The average molecular weight is 576 g/mol. The standard InChI is InChI=1S/C15H27N2O4P.C6H10O2.C4H10.C3H7NO/c1-5-12-11-15(12,22(19,20-6-2)21-7-3)16-14(18)13-9-8-10-17(13)4;7-5-8-6-3-1-2-4-6;1-4(2)3;1-4-2-3-5/h5,12-13H,1,6-11H2,2-4H3,(H,16,18);5-6H,1-4H2;4H,1-3H3;3-4H,2H2,1H3. The molecule has 3 unspecified atom stereocenters. The Bertz CT molecular complexity index is 749. The Kier molecular flexibility index (Phi) is 19.5. The van der Waals surface area contributed by atoms with Crippen molar-refractivity contribution in [3.05, 3.63) is 12.7 Å². The molecule has 1 saturated heterocycles. The van der Waals surface area contributed by atoms with Crippen LogP contribution in [0.4, 0.5) is 0 Å². The first-order chi connectivity index (χ1) is 18.5. The Morgan fingerprint density at radius 1 is 1.10 bits per heavy atom. The molecule has 0 aromatic rings. The van der Waals surface area contributed by atoms with Crippen molar-refractivity contribution in [1.29, 1.82) is 0 Å². The predicted octanol–water partition coefficient (Wildman–Crippen LogP) is 4.53. The number of aldehydes is 1. The van der Waals surface area contributed by atoms with Gasteiger partial charge in [0.2, 0.25) is 5.91 Å². The van der Waals surface area contributed by atoms with E-state index in [0.29, 0.717) is 19.4 Å². The molecule has 1 heterocycles. The molecular weight excluding hydrogens is 521 g/mol. The van der Waals surface area contributed by atoms with Gasteiger partial charge in [-0.3, -0.25) is 19.1 Å². The molecule has 1 amide bonds. The van der Waals surface area contributed by atoms with E-state index < -0.39 is 12.9 Å². The molecule has 228 valence electrons. The highest BCUT2D eigenvalue weighted by molar-refractivity contribution is 7.56. The van der Waals surface area contributed by atoms with E-state index in [1.807, 2.05) is 11.9 Å². The zero-order valence-corrected chi connectivity index (χ0v) is 26.2. The van der Waals surface area contributed by atoms with E-state index in [1.165, 1.54) is 12.8 Å². The minimum Gasteiger partial charge on any atom is -0.465 e. The van der Waals surface area contributed by atoms with E-state index >= 15 is 0 Å². The Labute approximate surface area is 236 Å². The van der Waals surface area contributed by atoms with Crippen molar-refractivity contribution >= 4 is 26.3 Å². The summed E-state index contributed by atoms with van der Waals surface area (Å²) in [6, 6.07) is -0.167. The summed E-state index contributed by atoms with van der Waals surface area (Å²) in [7, 11) is 0.248. The molecule has 1 aliphatic heterocycles. The maximum Gasteiger partial charge on any atom is 0.356 e. The van der Waals surface area contributed by atoms with E-state index in [4.69, 9.17) is 13.8 Å². The van der Waals surface area contributed by atoms with Crippen molar-refractivity contribution in [3.63, 3.8) is 0 Å². The number of carbonyl (C=O) groups is 3. The summed E-state index contributed by atoms with van der Waals surface area (Å²) >= 11 is 0. The molecule has 0 radical (unpaired) electrons. The molecule has 2 aliphatic carbocycles. The first-order valence-electron chi connectivity index (χ1n) is 14.2. The van der Waals surface area contributed by atoms with Crippen molar-refractivity contribution < 1.29 is 32.7 Å². The van der Waals surface area contributed by atoms with Crippen LogP contribution in [0.15, 0.2) is 12.7 Å². The summed E-state index contributed by atoms with van der Waals surface area (Å²) in [5.74, 6) is 0.663. The van der Waals surface area contributed by atoms with Gasteiger partial charge in [0, 0.05) is 5.92 Å². The Balaban J connectivity index is 0.000000689. The minimum absolute atomic E-state index is 0.0768. The number of likely N-dealkylation sites (N-methyl/N-ethyl adjacent to an activating group) is 2. The van der Waals surface area contributed by atoms with Crippen molar-refractivity contribution in [3.8, 4) is 0 Å². The van der Waals surface area contributed by atoms with Gasteiger partial charge in [-0.25, -0.2) is 0 Å². The van der Waals surface area contributed by atoms with E-state index in [2.05, 4.69) is 38.0 Å². The highest BCUT2D eigenvalue weighted by Gasteiger charge is 2.68. The molecule has 39 heavy (non-hydrogen) atoms. The minimum atomic E-state index is -3.42. The Morgan fingerprint density at radius 3 is 2.00 bits per heavy atom. The molecule has 3 atom stereocenters. The van der Waals surface area contributed by atoms with Crippen LogP contribution in [-0.2, 0) is 32.7 Å². The number of amides is 1. The second-order valence-corrected chi connectivity index (χ2v) is 12.8. The lowest BCUT2D eigenvalue weighted by Crippen LogP contribution is -2.48. The number of hydrogen-bond donors (Lipinski definition) is 2. The van der Waals surface area contributed by atoms with Crippen LogP contribution in [-0.4, -0.2) is 81.4 Å². The van der Waals surface area contributed by atoms with E-state index in [9.17, 15) is 18.9 Å². The van der Waals surface area contributed by atoms with Gasteiger partial charge in [-0.2, -0.15) is 0 Å². The van der Waals surface area contributed by atoms with Crippen LogP contribution in [0.5, 0.6) is 0 Å². The third-order valence-electron chi connectivity index (χ3n) is 6.36. The summed E-state index contributed by atoms with van der Waals surface area (Å²) in [5, 5.41) is 4.69. The number of ether oxygens (including phenoxy) is 1. The van der Waals surface area contributed by atoms with Crippen LogP contribution in [0.2, 0.25) is 0 Å². The lowest BCUT2D eigenvalue weighted by molar-refractivity contribution is -0.133. The highest BCUT2D eigenvalue weighted by Crippen LogP contribution is 2.72. The van der Waals surface area contributed by atoms with Gasteiger partial charge in [-0.15, -0.1) is 6.58 Å². The van der Waals surface area contributed by atoms with Gasteiger partial charge in [0.15, 0.2) is 0 Å². The second kappa shape index (κ2) is 20.3. The maximum absolute atomic E-state index is 13.2. The molecule has 0 aromatic heterocycles. The topological polar surface area (TPSA) is 123 Å². The Hall–Kier alpha value is -1.58. The fourth-order valence-corrected chi connectivity index (χ4v) is 6.81. The fourth-order valence-electron chi connectivity index (χ4n) is 4.41. The fraction of sp³-hybridized carbons (Fsp3) is 0.821. The first kappa shape index (κ1) is 37.4. The van der Waals surface area contributed by atoms with Crippen LogP contribution in [0.3, 0.4) is 0 Å². The first-order valence-corrected chi connectivity index (χ1v) is 15.8. The van der Waals surface area contributed by atoms with Gasteiger partial charge < -0.3 is 29.2 Å². The normalized spacial score (nSPS) is 24.2. The molecule has 0 aromatic carbocycles. The molecule has 2 N–H and O–H groups in total. The van der Waals surface area contributed by atoms with Gasteiger partial charge in [-0.1, -0.05) is 26.8 Å². The monoisotopic (exact) mass is 575 g/mol. The van der Waals surface area contributed by atoms with Crippen molar-refractivity contribution in [2.75, 3.05) is 40.4 Å². The van der Waals surface area contributed by atoms with Crippen LogP contribution in [0.1, 0.15) is 79.6 Å². The van der Waals surface area contributed by atoms with Crippen molar-refractivity contribution in [2.24, 2.45) is 11.8 Å². The SMILES string of the molecule is C=CC1CC1(NC(=O)C1CCCN1C)P(=O)(OCC)OCC.CC(C)C.CNCC=O.O=COC1CCCC1. The highest BCUT2D eigenvalue weighted by atomic mass is 31.2. The summed E-state index contributed by atoms with van der Waals surface area (Å²) < 4.78 is 28.9. The molecule has 0 bridgehead atoms. The number of nitrogens with one attached hydrogen (secondary N) is 2. The number of nitrogens with zero attached hydrogens (tertiary/aromatic N) is 1. The van der Waals surface area contributed by atoms with Gasteiger partial charge in [0.1, 0.15) is 17.7 Å². The number of carbonyl (C=O) groups excluding carboxylic acids is 3. The lowest BCUT2D eigenvalue weighted by Gasteiger charge is -2.30. The van der Waals surface area contributed by atoms with Gasteiger partial charge in [-0.05, 0) is 85.4 Å². The number of likely N-dealkylation sites (tertiary alicyclic amines) is 1. The summed E-state index contributed by atoms with van der Waals surface area (Å²) in [4.78, 5) is 33.7. The van der Waals surface area contributed by atoms with Gasteiger partial charge in [0.05, 0.1) is 25.8 Å². The lowest BCUT2D eigenvalue weighted by atomic mass is 10.2. The summed E-state index contributed by atoms with van der Waals surface area (Å²) in [6.07, 6.45) is 9.74. The van der Waals surface area contributed by atoms with Gasteiger partial charge >= 0.3 is 7.60 Å². The molecule has 3 rings (SSSR count). The molecular formula is C28H54N3O7P. The summed E-state index contributed by atoms with van der Waals surface area (Å²) in [5.41, 5.74) is 0. The average Bonchev–Trinajstić information content (AvgIpc) is 3.16. The molecule has 2 saturated carbocycles. The van der Waals surface area contributed by atoms with E-state index in [1.54, 1.807) is 27.0 Å². The van der Waals surface area contributed by atoms with Crippen LogP contribution in [0, 0.1) is 11.8 Å². The number of hydrogen-bond acceptors (Lipinski definition) is 9. The van der Waals surface area contributed by atoms with Crippen molar-refractivity contribution in [1.82, 2.24) is 15.5 Å². The molecule has 11 heteroatoms. The zero-order valence-electron chi connectivity index (χ0n) is 25.3. The smallest absolute Gasteiger partial charge is 0.356 e. The quantitative estimate of drug-likeness (QED) is 0.196. The van der Waals surface area contributed by atoms with Crippen molar-refractivity contribution in [2.45, 2.75) is 97.0 Å². The second-order valence-electron chi connectivity index (χ2n) is 10.5. The Morgan fingerprint density at radius 2 is 1.67 bits per heavy atom. The van der Waals surface area contributed by atoms with Crippen LogP contribution in [0.25, 0.3) is 0 Å². The van der Waals surface area contributed by atoms with E-state index in [-0.39, 0.29) is 37.2 Å². The largest absolute Gasteiger partial charge is 0.465 e. The third-order valence-corrected chi connectivity index (χ3v) is 9.16. The molecule has 3 aliphatic rings. The van der Waals surface area contributed by atoms with Gasteiger partial charge in [0.25, 0.3) is 6.47 Å². The molecule has 3 fully saturated rings. The van der Waals surface area contributed by atoms with Crippen LogP contribution < -0.4 is 10.6 Å². The summed E-state index contributed by atoms with van der Waals surface area (Å²) in [6.45, 7) is 16.3. The predicted molar refractivity (Wildman–Crippen MR) is 156 cm³/mol. The third kappa shape index (κ3) is 13.1. The number of rotatable bonds is 12.